The molecule has 0 amide bonds. The van der Waals surface area contributed by atoms with E-state index in [1.165, 1.54) is 12.1 Å². The van der Waals surface area contributed by atoms with Crippen molar-refractivity contribution in [3.05, 3.63) is 41.6 Å². The molecule has 2 heterocycles. The molecule has 0 radical (unpaired) electrons. The van der Waals surface area contributed by atoms with E-state index in [9.17, 15) is 13.2 Å². The number of alkyl halides is 3. The molecule has 1 aromatic carbocycles. The number of halogens is 3. The van der Waals surface area contributed by atoms with E-state index in [2.05, 4.69) is 22.2 Å². The molecule has 0 N–H and O–H groups in total. The zero-order chi connectivity index (χ0) is 17.3. The van der Waals surface area contributed by atoms with E-state index >= 15 is 0 Å². The predicted molar refractivity (Wildman–Crippen MR) is 80.9 cm³/mol. The third kappa shape index (κ3) is 3.17. The van der Waals surface area contributed by atoms with Gasteiger partial charge in [0.1, 0.15) is 5.69 Å². The van der Waals surface area contributed by atoms with Crippen LogP contribution in [0.25, 0.3) is 23.0 Å². The first kappa shape index (κ1) is 16.2. The molecule has 0 aliphatic heterocycles. The number of aryl methyl sites for hydroxylation is 2. The summed E-state index contributed by atoms with van der Waals surface area (Å²) < 4.78 is 45.0. The smallest absolute Gasteiger partial charge is 0.415 e. The summed E-state index contributed by atoms with van der Waals surface area (Å²) in [4.78, 5) is 0. The van der Waals surface area contributed by atoms with E-state index in [4.69, 9.17) is 4.42 Å². The number of benzene rings is 1. The van der Waals surface area contributed by atoms with Gasteiger partial charge in [-0.25, -0.2) is 0 Å². The van der Waals surface area contributed by atoms with Crippen molar-refractivity contribution >= 4 is 0 Å². The van der Waals surface area contributed by atoms with Gasteiger partial charge in [0.15, 0.2) is 0 Å². The van der Waals surface area contributed by atoms with Gasteiger partial charge in [0.05, 0.1) is 11.3 Å². The summed E-state index contributed by atoms with van der Waals surface area (Å²) in [5.41, 5.74) is 1.30. The Labute approximate surface area is 136 Å². The van der Waals surface area contributed by atoms with E-state index in [0.717, 1.165) is 30.7 Å². The van der Waals surface area contributed by atoms with Crippen LogP contribution in [0.4, 0.5) is 13.2 Å². The molecule has 3 rings (SSSR count). The molecule has 0 saturated heterocycles. The van der Waals surface area contributed by atoms with Crippen LogP contribution in [0.2, 0.25) is 0 Å². The monoisotopic (exact) mass is 336 g/mol. The highest BCUT2D eigenvalue weighted by Gasteiger charge is 2.30. The summed E-state index contributed by atoms with van der Waals surface area (Å²) in [6.07, 6.45) is -2.56. The molecule has 8 heteroatoms. The topological polar surface area (TPSA) is 56.7 Å². The summed E-state index contributed by atoms with van der Waals surface area (Å²) in [5, 5.41) is 12.2. The molecule has 0 fully saturated rings. The van der Waals surface area contributed by atoms with Crippen LogP contribution in [0.1, 0.15) is 24.6 Å². The highest BCUT2D eigenvalue weighted by Crippen LogP contribution is 2.31. The summed E-state index contributed by atoms with van der Waals surface area (Å²) in [5.74, 6) is 0.444. The van der Waals surface area contributed by atoms with Crippen LogP contribution in [-0.4, -0.2) is 20.0 Å². The molecule has 0 aliphatic carbocycles. The first-order valence-electron chi connectivity index (χ1n) is 7.43. The molecular weight excluding hydrogens is 321 g/mol. The van der Waals surface area contributed by atoms with Crippen molar-refractivity contribution < 1.29 is 17.6 Å². The molecule has 2 aromatic heterocycles. The molecule has 0 aliphatic rings. The zero-order valence-corrected chi connectivity index (χ0v) is 13.1. The maximum Gasteiger partial charge on any atom is 0.416 e. The lowest BCUT2D eigenvalue weighted by atomic mass is 10.1. The lowest BCUT2D eigenvalue weighted by Crippen LogP contribution is -2.03. The number of hydrogen-bond acceptors (Lipinski definition) is 4. The molecule has 0 atom stereocenters. The average molecular weight is 336 g/mol. The number of nitrogens with zero attached hydrogens (tertiary/aromatic N) is 4. The van der Waals surface area contributed by atoms with E-state index in [-0.39, 0.29) is 11.8 Å². The third-order valence-corrected chi connectivity index (χ3v) is 3.54. The second kappa shape index (κ2) is 6.10. The largest absolute Gasteiger partial charge is 0.416 e. The van der Waals surface area contributed by atoms with Crippen LogP contribution < -0.4 is 0 Å². The third-order valence-electron chi connectivity index (χ3n) is 3.54. The van der Waals surface area contributed by atoms with Crippen molar-refractivity contribution in [2.45, 2.75) is 25.9 Å². The van der Waals surface area contributed by atoms with Gasteiger partial charge in [-0.05, 0) is 36.8 Å². The van der Waals surface area contributed by atoms with Gasteiger partial charge in [0.25, 0.3) is 5.89 Å². The van der Waals surface area contributed by atoms with E-state index in [1.807, 2.05) is 6.07 Å². The first-order chi connectivity index (χ1) is 11.4. The summed E-state index contributed by atoms with van der Waals surface area (Å²) in [6.45, 7) is 2.06. The number of aromatic nitrogens is 4. The molecule has 0 spiro atoms. The van der Waals surface area contributed by atoms with Crippen molar-refractivity contribution in [2.24, 2.45) is 7.05 Å². The quantitative estimate of drug-likeness (QED) is 0.719. The summed E-state index contributed by atoms with van der Waals surface area (Å²) in [6, 6.07) is 6.47. The van der Waals surface area contributed by atoms with Crippen molar-refractivity contribution in [1.82, 2.24) is 20.0 Å². The molecular formula is C16H15F3N4O. The van der Waals surface area contributed by atoms with Crippen molar-refractivity contribution in [3.8, 4) is 23.0 Å². The van der Waals surface area contributed by atoms with Gasteiger partial charge in [0.2, 0.25) is 5.89 Å². The SMILES string of the molecule is CCCc1cc(-c2nnc(-c3ccc(C(F)(F)F)cc3)o2)n(C)n1. The van der Waals surface area contributed by atoms with Gasteiger partial charge >= 0.3 is 6.18 Å². The van der Waals surface area contributed by atoms with Crippen LogP contribution >= 0.6 is 0 Å². The Morgan fingerprint density at radius 3 is 2.38 bits per heavy atom. The van der Waals surface area contributed by atoms with Crippen molar-refractivity contribution in [1.29, 1.82) is 0 Å². The second-order valence-corrected chi connectivity index (χ2v) is 5.38. The van der Waals surface area contributed by atoms with Gasteiger partial charge < -0.3 is 4.42 Å². The minimum absolute atomic E-state index is 0.164. The van der Waals surface area contributed by atoms with Gasteiger partial charge in [-0.2, -0.15) is 18.3 Å². The normalized spacial score (nSPS) is 11.9. The first-order valence-corrected chi connectivity index (χ1v) is 7.43. The van der Waals surface area contributed by atoms with Gasteiger partial charge in [0, 0.05) is 12.6 Å². The minimum Gasteiger partial charge on any atom is -0.415 e. The zero-order valence-electron chi connectivity index (χ0n) is 13.1. The van der Waals surface area contributed by atoms with Crippen molar-refractivity contribution in [2.75, 3.05) is 0 Å². The molecule has 5 nitrogen and oxygen atoms in total. The maximum absolute atomic E-state index is 12.6. The van der Waals surface area contributed by atoms with Gasteiger partial charge in [-0.15, -0.1) is 10.2 Å². The fourth-order valence-electron chi connectivity index (χ4n) is 2.35. The summed E-state index contributed by atoms with van der Waals surface area (Å²) in [7, 11) is 1.77. The van der Waals surface area contributed by atoms with Gasteiger partial charge in [-0.1, -0.05) is 13.3 Å². The Bertz CT molecular complexity index is 834. The Hall–Kier alpha value is -2.64. The predicted octanol–water partition coefficient (Wildman–Crippen LogP) is 4.11. The Balaban J connectivity index is 1.88. The molecule has 126 valence electrons. The molecule has 0 bridgehead atoms. The molecule has 0 saturated carbocycles. The summed E-state index contributed by atoms with van der Waals surface area (Å²) >= 11 is 0. The van der Waals surface area contributed by atoms with E-state index in [0.29, 0.717) is 11.3 Å². The minimum atomic E-state index is -4.37. The Morgan fingerprint density at radius 2 is 1.75 bits per heavy atom. The number of rotatable bonds is 4. The lowest BCUT2D eigenvalue weighted by molar-refractivity contribution is -0.137. The fourth-order valence-corrected chi connectivity index (χ4v) is 2.35. The standard InChI is InChI=1S/C16H15F3N4O/c1-3-4-12-9-13(23(2)22-12)15-21-20-14(24-15)10-5-7-11(8-6-10)16(17,18)19/h5-9H,3-4H2,1-2H3. The van der Waals surface area contributed by atoms with Crippen LogP contribution in [0.5, 0.6) is 0 Å². The second-order valence-electron chi connectivity index (χ2n) is 5.38. The van der Waals surface area contributed by atoms with Crippen molar-refractivity contribution in [3.63, 3.8) is 0 Å². The highest BCUT2D eigenvalue weighted by atomic mass is 19.4. The highest BCUT2D eigenvalue weighted by molar-refractivity contribution is 5.56. The van der Waals surface area contributed by atoms with E-state index in [1.54, 1.807) is 11.7 Å². The molecule has 3 aromatic rings. The van der Waals surface area contributed by atoms with Crippen LogP contribution in [0, 0.1) is 0 Å². The molecule has 0 unspecified atom stereocenters. The fraction of sp³-hybridized carbons (Fsp3) is 0.312. The van der Waals surface area contributed by atoms with Gasteiger partial charge in [-0.3, -0.25) is 4.68 Å². The van der Waals surface area contributed by atoms with Crippen LogP contribution in [0.3, 0.4) is 0 Å². The maximum atomic E-state index is 12.6. The molecule has 24 heavy (non-hydrogen) atoms. The van der Waals surface area contributed by atoms with E-state index < -0.39 is 11.7 Å². The Morgan fingerprint density at radius 1 is 1.08 bits per heavy atom. The van der Waals surface area contributed by atoms with Crippen LogP contribution in [-0.2, 0) is 19.6 Å². The van der Waals surface area contributed by atoms with Crippen LogP contribution in [0.15, 0.2) is 34.7 Å². The lowest BCUT2D eigenvalue weighted by Gasteiger charge is -2.05. The average Bonchev–Trinajstić information content (AvgIpc) is 3.14. The Kier molecular flexibility index (Phi) is 4.13. The number of hydrogen-bond donors (Lipinski definition) is 0.